The normalized spacial score (nSPS) is 15.5. The molecule has 2 rings (SSSR count). The molecule has 15 heavy (non-hydrogen) atoms. The molecule has 0 unspecified atom stereocenters. The summed E-state index contributed by atoms with van der Waals surface area (Å²) in [5.74, 6) is 1.32. The molecule has 0 aromatic carbocycles. The maximum atomic E-state index is 5.90. The van der Waals surface area contributed by atoms with Crippen molar-refractivity contribution in [1.29, 1.82) is 0 Å². The standard InChI is InChI=1S/C11H14ClNO2/c1-7(2)14-10-5-9(6-13-11(10)12)15-8-3-4-8/h5-8H,3-4H2,1-2H3. The van der Waals surface area contributed by atoms with Crippen LogP contribution in [-0.2, 0) is 0 Å². The van der Waals surface area contributed by atoms with Crippen molar-refractivity contribution in [2.45, 2.75) is 38.9 Å². The summed E-state index contributed by atoms with van der Waals surface area (Å²) in [4.78, 5) is 4.03. The predicted octanol–water partition coefficient (Wildman–Crippen LogP) is 3.06. The van der Waals surface area contributed by atoms with E-state index in [0.29, 0.717) is 17.0 Å². The zero-order valence-corrected chi connectivity index (χ0v) is 9.62. The average Bonchev–Trinajstić information content (AvgIpc) is 2.94. The molecule has 0 atom stereocenters. The number of hydrogen-bond acceptors (Lipinski definition) is 3. The summed E-state index contributed by atoms with van der Waals surface area (Å²) < 4.78 is 11.1. The van der Waals surface area contributed by atoms with E-state index in [-0.39, 0.29) is 6.10 Å². The second kappa shape index (κ2) is 4.27. The van der Waals surface area contributed by atoms with E-state index < -0.39 is 0 Å². The summed E-state index contributed by atoms with van der Waals surface area (Å²) in [5, 5.41) is 0.381. The van der Waals surface area contributed by atoms with Gasteiger partial charge in [0.15, 0.2) is 10.9 Å². The maximum Gasteiger partial charge on any atom is 0.171 e. The van der Waals surface area contributed by atoms with Crippen LogP contribution in [-0.4, -0.2) is 17.2 Å². The molecule has 0 bridgehead atoms. The highest BCUT2D eigenvalue weighted by Crippen LogP contribution is 2.31. The summed E-state index contributed by atoms with van der Waals surface area (Å²) in [6.45, 7) is 3.90. The summed E-state index contributed by atoms with van der Waals surface area (Å²) >= 11 is 5.90. The van der Waals surface area contributed by atoms with Gasteiger partial charge in [-0.15, -0.1) is 0 Å². The molecular formula is C11H14ClNO2. The highest BCUT2D eigenvalue weighted by Gasteiger charge is 2.24. The van der Waals surface area contributed by atoms with Crippen molar-refractivity contribution in [3.8, 4) is 11.5 Å². The van der Waals surface area contributed by atoms with Crippen LogP contribution in [0.15, 0.2) is 12.3 Å². The van der Waals surface area contributed by atoms with Crippen molar-refractivity contribution in [3.05, 3.63) is 17.4 Å². The molecule has 4 heteroatoms. The molecule has 1 fully saturated rings. The predicted molar refractivity (Wildman–Crippen MR) is 58.7 cm³/mol. The third kappa shape index (κ3) is 2.99. The number of hydrogen-bond donors (Lipinski definition) is 0. The average molecular weight is 228 g/mol. The molecule has 1 saturated carbocycles. The van der Waals surface area contributed by atoms with Gasteiger partial charge in [-0.05, 0) is 26.7 Å². The highest BCUT2D eigenvalue weighted by molar-refractivity contribution is 6.30. The lowest BCUT2D eigenvalue weighted by atomic mass is 10.4. The maximum absolute atomic E-state index is 5.90. The van der Waals surface area contributed by atoms with E-state index in [0.717, 1.165) is 18.6 Å². The Balaban J connectivity index is 2.11. The second-order valence-corrected chi connectivity index (χ2v) is 4.30. The molecule has 1 aromatic rings. The smallest absolute Gasteiger partial charge is 0.171 e. The molecule has 0 spiro atoms. The van der Waals surface area contributed by atoms with E-state index in [2.05, 4.69) is 4.98 Å². The molecule has 1 aliphatic rings. The van der Waals surface area contributed by atoms with Crippen molar-refractivity contribution in [2.24, 2.45) is 0 Å². The van der Waals surface area contributed by atoms with Gasteiger partial charge in [-0.25, -0.2) is 4.98 Å². The van der Waals surface area contributed by atoms with Gasteiger partial charge in [-0.3, -0.25) is 0 Å². The van der Waals surface area contributed by atoms with E-state index in [9.17, 15) is 0 Å². The Labute approximate surface area is 94.4 Å². The van der Waals surface area contributed by atoms with Gasteiger partial charge in [-0.2, -0.15) is 0 Å². The summed E-state index contributed by atoms with van der Waals surface area (Å²) in [7, 11) is 0. The van der Waals surface area contributed by atoms with Gasteiger partial charge in [0.05, 0.1) is 18.4 Å². The van der Waals surface area contributed by atoms with Gasteiger partial charge in [-0.1, -0.05) is 11.6 Å². The summed E-state index contributed by atoms with van der Waals surface area (Å²) in [6.07, 6.45) is 4.33. The first-order valence-electron chi connectivity index (χ1n) is 5.14. The first-order chi connectivity index (χ1) is 7.15. The Morgan fingerprint density at radius 1 is 1.47 bits per heavy atom. The fourth-order valence-electron chi connectivity index (χ4n) is 1.19. The highest BCUT2D eigenvalue weighted by atomic mass is 35.5. The SMILES string of the molecule is CC(C)Oc1cc(OC2CC2)cnc1Cl. The molecule has 1 aromatic heterocycles. The van der Waals surface area contributed by atoms with Crippen LogP contribution < -0.4 is 9.47 Å². The van der Waals surface area contributed by atoms with Gasteiger partial charge >= 0.3 is 0 Å². The molecule has 1 heterocycles. The minimum Gasteiger partial charge on any atom is -0.489 e. The fraction of sp³-hybridized carbons (Fsp3) is 0.545. The van der Waals surface area contributed by atoms with E-state index in [4.69, 9.17) is 21.1 Å². The van der Waals surface area contributed by atoms with Gasteiger partial charge in [0.1, 0.15) is 5.75 Å². The zero-order valence-electron chi connectivity index (χ0n) is 8.87. The minimum atomic E-state index is 0.0838. The van der Waals surface area contributed by atoms with Crippen molar-refractivity contribution in [2.75, 3.05) is 0 Å². The number of ether oxygens (including phenoxy) is 2. The van der Waals surface area contributed by atoms with Gasteiger partial charge < -0.3 is 9.47 Å². The molecule has 0 saturated heterocycles. The first kappa shape index (κ1) is 10.6. The van der Waals surface area contributed by atoms with Crippen molar-refractivity contribution < 1.29 is 9.47 Å². The van der Waals surface area contributed by atoms with Crippen molar-refractivity contribution >= 4 is 11.6 Å². The summed E-state index contributed by atoms with van der Waals surface area (Å²) in [6, 6.07) is 1.80. The number of nitrogens with zero attached hydrogens (tertiary/aromatic N) is 1. The third-order valence-electron chi connectivity index (χ3n) is 1.97. The molecule has 82 valence electrons. The van der Waals surface area contributed by atoms with E-state index in [1.54, 1.807) is 12.3 Å². The lowest BCUT2D eigenvalue weighted by molar-refractivity contribution is 0.238. The van der Waals surface area contributed by atoms with Crippen molar-refractivity contribution in [1.82, 2.24) is 4.98 Å². The summed E-state index contributed by atoms with van der Waals surface area (Å²) in [5.41, 5.74) is 0. The van der Waals surface area contributed by atoms with Crippen LogP contribution in [0.2, 0.25) is 5.15 Å². The Morgan fingerprint density at radius 2 is 2.20 bits per heavy atom. The topological polar surface area (TPSA) is 31.4 Å². The Bertz CT molecular complexity index is 350. The lowest BCUT2D eigenvalue weighted by Gasteiger charge is -2.12. The van der Waals surface area contributed by atoms with E-state index in [1.165, 1.54) is 0 Å². The Kier molecular flexibility index (Phi) is 3.00. The van der Waals surface area contributed by atoms with Crippen LogP contribution in [0.4, 0.5) is 0 Å². The molecular weight excluding hydrogens is 214 g/mol. The zero-order chi connectivity index (χ0) is 10.8. The van der Waals surface area contributed by atoms with E-state index >= 15 is 0 Å². The van der Waals surface area contributed by atoms with Crippen LogP contribution in [0, 0.1) is 0 Å². The van der Waals surface area contributed by atoms with Crippen LogP contribution >= 0.6 is 11.6 Å². The number of rotatable bonds is 4. The van der Waals surface area contributed by atoms with Crippen molar-refractivity contribution in [3.63, 3.8) is 0 Å². The minimum absolute atomic E-state index is 0.0838. The molecule has 0 aliphatic heterocycles. The van der Waals surface area contributed by atoms with E-state index in [1.807, 2.05) is 13.8 Å². The largest absolute Gasteiger partial charge is 0.489 e. The Morgan fingerprint density at radius 3 is 2.80 bits per heavy atom. The van der Waals surface area contributed by atoms with Gasteiger partial charge in [0, 0.05) is 6.07 Å². The molecule has 0 radical (unpaired) electrons. The van der Waals surface area contributed by atoms with Crippen LogP contribution in [0.25, 0.3) is 0 Å². The number of aromatic nitrogens is 1. The monoisotopic (exact) mass is 227 g/mol. The molecule has 1 aliphatic carbocycles. The quantitative estimate of drug-likeness (QED) is 0.741. The molecule has 0 amide bonds. The fourth-order valence-corrected chi connectivity index (χ4v) is 1.34. The van der Waals surface area contributed by atoms with Gasteiger partial charge in [0.2, 0.25) is 0 Å². The van der Waals surface area contributed by atoms with Crippen LogP contribution in [0.3, 0.4) is 0 Å². The van der Waals surface area contributed by atoms with Crippen LogP contribution in [0.1, 0.15) is 26.7 Å². The number of pyridine rings is 1. The lowest BCUT2D eigenvalue weighted by Crippen LogP contribution is -2.07. The third-order valence-corrected chi connectivity index (χ3v) is 2.26. The molecule has 0 N–H and O–H groups in total. The second-order valence-electron chi connectivity index (χ2n) is 3.94. The van der Waals surface area contributed by atoms with Gasteiger partial charge in [0.25, 0.3) is 0 Å². The molecule has 3 nitrogen and oxygen atoms in total. The first-order valence-corrected chi connectivity index (χ1v) is 5.52. The van der Waals surface area contributed by atoms with Crippen LogP contribution in [0.5, 0.6) is 11.5 Å². The number of halogens is 1. The Hall–Kier alpha value is -0.960.